The van der Waals surface area contributed by atoms with Gasteiger partial charge in [-0.3, -0.25) is 9.59 Å². The van der Waals surface area contributed by atoms with Crippen molar-refractivity contribution in [1.82, 2.24) is 10.3 Å². The second-order valence-corrected chi connectivity index (χ2v) is 7.74. The standard InChI is InChI=1S/C23H22N2O3/c1-24-23(27)18-11-14(21(26)9-13-5-6-13)10-17-19(12-28-22(17)18)15-3-2-4-20-16(15)7-8-25-20/h2-4,7-8,10-11,13,19,25H,5-6,9,12H2,1H3,(H,24,27). The molecule has 142 valence electrons. The van der Waals surface area contributed by atoms with Gasteiger partial charge in [0, 0.05) is 47.6 Å². The van der Waals surface area contributed by atoms with E-state index in [1.807, 2.05) is 24.4 Å². The number of aromatic amines is 1. The van der Waals surface area contributed by atoms with Gasteiger partial charge in [-0.25, -0.2) is 0 Å². The van der Waals surface area contributed by atoms with Crippen LogP contribution in [0.3, 0.4) is 0 Å². The third kappa shape index (κ3) is 2.78. The highest BCUT2D eigenvalue weighted by Crippen LogP contribution is 2.43. The maximum atomic E-state index is 12.8. The lowest BCUT2D eigenvalue weighted by Crippen LogP contribution is -2.19. The Balaban J connectivity index is 1.63. The summed E-state index contributed by atoms with van der Waals surface area (Å²) in [5.41, 5.74) is 4.20. The van der Waals surface area contributed by atoms with Crippen LogP contribution in [-0.4, -0.2) is 30.3 Å². The Morgan fingerprint density at radius 2 is 2.04 bits per heavy atom. The van der Waals surface area contributed by atoms with Crippen LogP contribution in [-0.2, 0) is 0 Å². The first-order chi connectivity index (χ1) is 13.7. The van der Waals surface area contributed by atoms with Crippen molar-refractivity contribution in [2.75, 3.05) is 13.7 Å². The molecule has 2 heterocycles. The Hall–Kier alpha value is -3.08. The number of carbonyl (C=O) groups is 2. The molecule has 1 unspecified atom stereocenters. The molecular weight excluding hydrogens is 352 g/mol. The molecule has 1 aliphatic heterocycles. The molecule has 1 fully saturated rings. The Bertz CT molecular complexity index is 1090. The molecule has 0 spiro atoms. The van der Waals surface area contributed by atoms with Gasteiger partial charge in [0.2, 0.25) is 0 Å². The topological polar surface area (TPSA) is 71.2 Å². The van der Waals surface area contributed by atoms with Crippen LogP contribution in [0.15, 0.2) is 42.6 Å². The van der Waals surface area contributed by atoms with Crippen molar-refractivity contribution < 1.29 is 14.3 Å². The van der Waals surface area contributed by atoms with Crippen molar-refractivity contribution in [2.45, 2.75) is 25.2 Å². The van der Waals surface area contributed by atoms with Gasteiger partial charge in [-0.2, -0.15) is 0 Å². The van der Waals surface area contributed by atoms with E-state index in [-0.39, 0.29) is 17.6 Å². The molecule has 1 aliphatic carbocycles. The molecule has 28 heavy (non-hydrogen) atoms. The number of carbonyl (C=O) groups excluding carboxylic acids is 2. The number of benzene rings is 2. The molecule has 2 aromatic carbocycles. The molecule has 0 bridgehead atoms. The highest BCUT2D eigenvalue weighted by atomic mass is 16.5. The number of amides is 1. The lowest BCUT2D eigenvalue weighted by atomic mass is 9.87. The lowest BCUT2D eigenvalue weighted by molar-refractivity contribution is 0.0960. The number of Topliss-reactive ketones (excluding diaryl/α,β-unsaturated/α-hetero) is 1. The van der Waals surface area contributed by atoms with Crippen LogP contribution in [0.25, 0.3) is 10.9 Å². The number of nitrogens with one attached hydrogen (secondary N) is 2. The number of aromatic nitrogens is 1. The van der Waals surface area contributed by atoms with Crippen molar-refractivity contribution in [2.24, 2.45) is 5.92 Å². The Morgan fingerprint density at radius 3 is 2.82 bits per heavy atom. The number of hydrogen-bond donors (Lipinski definition) is 2. The van der Waals surface area contributed by atoms with Gasteiger partial charge in [0.1, 0.15) is 5.75 Å². The first kappa shape index (κ1) is 17.0. The number of H-pyrrole nitrogens is 1. The number of ether oxygens (including phenoxy) is 1. The highest BCUT2D eigenvalue weighted by Gasteiger charge is 2.33. The zero-order valence-electron chi connectivity index (χ0n) is 15.7. The fourth-order valence-corrected chi connectivity index (χ4v) is 4.16. The molecule has 3 aromatic rings. The summed E-state index contributed by atoms with van der Waals surface area (Å²) in [5, 5.41) is 3.81. The average Bonchev–Trinajstić information content (AvgIpc) is 3.23. The number of ketones is 1. The number of rotatable bonds is 5. The van der Waals surface area contributed by atoms with Crippen LogP contribution in [0.4, 0.5) is 0 Å². The molecule has 5 nitrogen and oxygen atoms in total. The Labute approximate surface area is 163 Å². The van der Waals surface area contributed by atoms with Gasteiger partial charge in [-0.15, -0.1) is 0 Å². The summed E-state index contributed by atoms with van der Waals surface area (Å²) in [6.07, 6.45) is 4.74. The van der Waals surface area contributed by atoms with Gasteiger partial charge >= 0.3 is 0 Å². The van der Waals surface area contributed by atoms with Crippen LogP contribution in [0.1, 0.15) is 57.0 Å². The van der Waals surface area contributed by atoms with Gasteiger partial charge in [-0.1, -0.05) is 12.1 Å². The third-order valence-electron chi connectivity index (χ3n) is 5.86. The molecule has 1 aromatic heterocycles. The van der Waals surface area contributed by atoms with Crippen LogP contribution in [0.2, 0.25) is 0 Å². The monoisotopic (exact) mass is 374 g/mol. The average molecular weight is 374 g/mol. The molecule has 2 N–H and O–H groups in total. The zero-order valence-corrected chi connectivity index (χ0v) is 15.7. The maximum Gasteiger partial charge on any atom is 0.254 e. The van der Waals surface area contributed by atoms with Crippen molar-refractivity contribution in [3.8, 4) is 5.75 Å². The molecule has 2 aliphatic rings. The fraction of sp³-hybridized carbons (Fsp3) is 0.304. The first-order valence-corrected chi connectivity index (χ1v) is 9.77. The SMILES string of the molecule is CNC(=O)c1cc(C(=O)CC2CC2)cc2c1OCC2c1cccc2[nH]ccc12. The molecule has 0 saturated heterocycles. The van der Waals surface area contributed by atoms with E-state index in [4.69, 9.17) is 4.74 Å². The van der Waals surface area contributed by atoms with E-state index in [0.29, 0.717) is 35.8 Å². The largest absolute Gasteiger partial charge is 0.491 e. The molecule has 1 saturated carbocycles. The third-order valence-corrected chi connectivity index (χ3v) is 5.86. The molecule has 1 amide bonds. The van der Waals surface area contributed by atoms with Crippen LogP contribution >= 0.6 is 0 Å². The predicted molar refractivity (Wildman–Crippen MR) is 107 cm³/mol. The van der Waals surface area contributed by atoms with Crippen LogP contribution in [0.5, 0.6) is 5.75 Å². The van der Waals surface area contributed by atoms with Gasteiger partial charge in [0.25, 0.3) is 5.91 Å². The van der Waals surface area contributed by atoms with Gasteiger partial charge in [0.15, 0.2) is 5.78 Å². The highest BCUT2D eigenvalue weighted by molar-refractivity contribution is 6.03. The summed E-state index contributed by atoms with van der Waals surface area (Å²) >= 11 is 0. The quantitative estimate of drug-likeness (QED) is 0.662. The second-order valence-electron chi connectivity index (χ2n) is 7.74. The van der Waals surface area contributed by atoms with Gasteiger partial charge in [-0.05, 0) is 48.6 Å². The van der Waals surface area contributed by atoms with Crippen LogP contribution < -0.4 is 10.1 Å². The van der Waals surface area contributed by atoms with Crippen molar-refractivity contribution in [1.29, 1.82) is 0 Å². The van der Waals surface area contributed by atoms with E-state index in [9.17, 15) is 9.59 Å². The van der Waals surface area contributed by atoms with Gasteiger partial charge in [0.05, 0.1) is 12.2 Å². The second kappa shape index (κ2) is 6.51. The summed E-state index contributed by atoms with van der Waals surface area (Å²) in [7, 11) is 1.60. The summed E-state index contributed by atoms with van der Waals surface area (Å²) in [5.74, 6) is 0.982. The predicted octanol–water partition coefficient (Wildman–Crippen LogP) is 4.03. The van der Waals surface area contributed by atoms with Crippen molar-refractivity contribution >= 4 is 22.6 Å². The van der Waals surface area contributed by atoms with E-state index in [1.54, 1.807) is 13.1 Å². The molecule has 0 radical (unpaired) electrons. The summed E-state index contributed by atoms with van der Waals surface area (Å²) in [6.45, 7) is 0.462. The summed E-state index contributed by atoms with van der Waals surface area (Å²) in [4.78, 5) is 28.5. The summed E-state index contributed by atoms with van der Waals surface area (Å²) in [6, 6.07) is 11.9. The number of fused-ring (bicyclic) bond motifs is 2. The molecule has 1 atom stereocenters. The first-order valence-electron chi connectivity index (χ1n) is 9.77. The normalized spacial score (nSPS) is 18.0. The van der Waals surface area contributed by atoms with Crippen LogP contribution in [0, 0.1) is 5.92 Å². The van der Waals surface area contributed by atoms with E-state index in [2.05, 4.69) is 22.4 Å². The fourth-order valence-electron chi connectivity index (χ4n) is 4.16. The zero-order chi connectivity index (χ0) is 19.3. The minimum atomic E-state index is -0.224. The lowest BCUT2D eigenvalue weighted by Gasteiger charge is -2.13. The Kier molecular flexibility index (Phi) is 3.97. The molecule has 5 rings (SSSR count). The number of hydrogen-bond acceptors (Lipinski definition) is 3. The van der Waals surface area contributed by atoms with E-state index in [1.165, 1.54) is 0 Å². The maximum absolute atomic E-state index is 12.8. The van der Waals surface area contributed by atoms with Gasteiger partial charge < -0.3 is 15.0 Å². The Morgan fingerprint density at radius 1 is 1.18 bits per heavy atom. The smallest absolute Gasteiger partial charge is 0.254 e. The minimum Gasteiger partial charge on any atom is -0.491 e. The van der Waals surface area contributed by atoms with Crippen molar-refractivity contribution in [3.63, 3.8) is 0 Å². The molecule has 5 heteroatoms. The van der Waals surface area contributed by atoms with E-state index < -0.39 is 0 Å². The van der Waals surface area contributed by atoms with Crippen molar-refractivity contribution in [3.05, 3.63) is 64.8 Å². The van der Waals surface area contributed by atoms with E-state index >= 15 is 0 Å². The molecular formula is C23H22N2O3. The minimum absolute atomic E-state index is 0.00780. The summed E-state index contributed by atoms with van der Waals surface area (Å²) < 4.78 is 5.99. The van der Waals surface area contributed by atoms with E-state index in [0.717, 1.165) is 34.9 Å².